The number of anilines is 1. The summed E-state index contributed by atoms with van der Waals surface area (Å²) in [5, 5.41) is 13.1. The van der Waals surface area contributed by atoms with Crippen LogP contribution in [0.2, 0.25) is 5.15 Å². The highest BCUT2D eigenvalue weighted by Gasteiger charge is 2.35. The Labute approximate surface area is 212 Å². The Bertz CT molecular complexity index is 1670. The zero-order valence-electron chi connectivity index (χ0n) is 19.4. The Hall–Kier alpha value is -4.25. The second-order valence-electron chi connectivity index (χ2n) is 8.45. The first kappa shape index (κ1) is 24.4. The van der Waals surface area contributed by atoms with E-state index in [9.17, 15) is 23.1 Å². The largest absolute Gasteiger partial charge is 0.476 e. The van der Waals surface area contributed by atoms with Gasteiger partial charge in [0.25, 0.3) is 0 Å². The highest BCUT2D eigenvalue weighted by molar-refractivity contribution is 6.29. The van der Waals surface area contributed by atoms with Gasteiger partial charge in [-0.05, 0) is 49.7 Å². The van der Waals surface area contributed by atoms with Gasteiger partial charge in [-0.2, -0.15) is 13.2 Å². The minimum Gasteiger partial charge on any atom is -0.476 e. The number of hydrogen-bond donors (Lipinski definition) is 2. The standard InChI is InChI=1S/C25H18ClF3N6O2/c1-12-8-15(13(2)31-17-5-6-19(26)33-21(17)24(36)37)20-16(9-12)23-32-18(25(27,28)29)11-35(23)22(34-20)14-4-3-7-30-10-14/h3-11,13,31H,1-2H3,(H,36,37)/t13-/m1/s1. The van der Waals surface area contributed by atoms with Crippen LogP contribution in [0.3, 0.4) is 0 Å². The number of benzene rings is 1. The normalized spacial score (nSPS) is 12.7. The maximum Gasteiger partial charge on any atom is 0.434 e. The highest BCUT2D eigenvalue weighted by Crippen LogP contribution is 2.35. The van der Waals surface area contributed by atoms with Crippen LogP contribution in [-0.4, -0.2) is 35.4 Å². The summed E-state index contributed by atoms with van der Waals surface area (Å²) in [7, 11) is 0. The Balaban J connectivity index is 1.75. The van der Waals surface area contributed by atoms with Crippen molar-refractivity contribution in [3.8, 4) is 11.4 Å². The molecule has 0 unspecified atom stereocenters. The lowest BCUT2D eigenvalue weighted by atomic mass is 10.0. The summed E-state index contributed by atoms with van der Waals surface area (Å²) in [6.45, 7) is 3.60. The number of carboxylic acid groups (broad SMARTS) is 1. The molecular weight excluding hydrogens is 509 g/mol. The molecule has 4 aromatic heterocycles. The van der Waals surface area contributed by atoms with E-state index in [1.807, 2.05) is 6.07 Å². The van der Waals surface area contributed by atoms with Crippen LogP contribution in [0.25, 0.3) is 27.9 Å². The van der Waals surface area contributed by atoms with Crippen molar-refractivity contribution in [1.82, 2.24) is 24.3 Å². The number of imidazole rings is 1. The van der Waals surface area contributed by atoms with Gasteiger partial charge < -0.3 is 10.4 Å². The SMILES string of the molecule is Cc1cc([C@@H](C)Nc2ccc(Cl)nc2C(=O)O)c2nc(-c3cccnc3)n3cc(C(F)(F)F)nc3c2c1. The van der Waals surface area contributed by atoms with Crippen LogP contribution in [-0.2, 0) is 6.18 Å². The number of rotatable bonds is 5. The van der Waals surface area contributed by atoms with Crippen LogP contribution in [0.4, 0.5) is 18.9 Å². The molecule has 0 radical (unpaired) electrons. The number of hydrogen-bond acceptors (Lipinski definition) is 6. The lowest BCUT2D eigenvalue weighted by molar-refractivity contribution is -0.140. The monoisotopic (exact) mass is 526 g/mol. The fraction of sp³-hybridized carbons (Fsp3) is 0.160. The Kier molecular flexibility index (Phi) is 5.95. The van der Waals surface area contributed by atoms with E-state index in [1.165, 1.54) is 22.7 Å². The smallest absolute Gasteiger partial charge is 0.434 e. The minimum absolute atomic E-state index is 0.0292. The molecule has 0 spiro atoms. The van der Waals surface area contributed by atoms with Crippen LogP contribution < -0.4 is 5.32 Å². The molecule has 1 atom stereocenters. The lowest BCUT2D eigenvalue weighted by Crippen LogP contribution is -2.13. The molecule has 2 N–H and O–H groups in total. The Morgan fingerprint density at radius 1 is 1.16 bits per heavy atom. The van der Waals surface area contributed by atoms with Crippen molar-refractivity contribution in [3.63, 3.8) is 0 Å². The molecule has 0 amide bonds. The van der Waals surface area contributed by atoms with Gasteiger partial charge in [-0.25, -0.2) is 19.7 Å². The summed E-state index contributed by atoms with van der Waals surface area (Å²) in [6.07, 6.45) is -0.667. The van der Waals surface area contributed by atoms with Crippen LogP contribution in [0, 0.1) is 6.92 Å². The Morgan fingerprint density at radius 2 is 1.95 bits per heavy atom. The van der Waals surface area contributed by atoms with Gasteiger partial charge in [-0.3, -0.25) is 9.38 Å². The summed E-state index contributed by atoms with van der Waals surface area (Å²) in [4.78, 5) is 28.4. The molecule has 188 valence electrons. The van der Waals surface area contributed by atoms with E-state index < -0.39 is 23.9 Å². The number of nitrogens with zero attached hydrogens (tertiary/aromatic N) is 5. The summed E-state index contributed by atoms with van der Waals surface area (Å²) < 4.78 is 42.2. The Morgan fingerprint density at radius 3 is 2.62 bits per heavy atom. The number of aromatic carboxylic acids is 1. The summed E-state index contributed by atoms with van der Waals surface area (Å²) in [5.41, 5.74) is 1.33. The van der Waals surface area contributed by atoms with Gasteiger partial charge in [0.2, 0.25) is 0 Å². The van der Waals surface area contributed by atoms with Gasteiger partial charge in [0.15, 0.2) is 11.4 Å². The van der Waals surface area contributed by atoms with Gasteiger partial charge in [-0.15, -0.1) is 0 Å². The number of nitrogens with one attached hydrogen (secondary N) is 1. The third kappa shape index (κ3) is 4.53. The third-order valence-corrected chi connectivity index (χ3v) is 6.00. The van der Waals surface area contributed by atoms with E-state index in [-0.39, 0.29) is 28.0 Å². The molecule has 4 heterocycles. The molecule has 12 heteroatoms. The molecule has 0 bridgehead atoms. The van der Waals surface area contributed by atoms with E-state index in [4.69, 9.17) is 16.6 Å². The fourth-order valence-corrected chi connectivity index (χ4v) is 4.33. The molecule has 37 heavy (non-hydrogen) atoms. The predicted molar refractivity (Wildman–Crippen MR) is 132 cm³/mol. The number of aromatic nitrogens is 5. The van der Waals surface area contributed by atoms with Crippen molar-refractivity contribution in [1.29, 1.82) is 0 Å². The van der Waals surface area contributed by atoms with Crippen LogP contribution in [0.5, 0.6) is 0 Å². The first-order valence-corrected chi connectivity index (χ1v) is 11.4. The molecule has 5 aromatic rings. The average Bonchev–Trinajstić information content (AvgIpc) is 3.31. The van der Waals surface area contributed by atoms with E-state index in [0.717, 1.165) is 11.8 Å². The number of halogens is 4. The molecule has 1 aromatic carbocycles. The van der Waals surface area contributed by atoms with E-state index in [1.54, 1.807) is 38.2 Å². The maximum atomic E-state index is 13.6. The highest BCUT2D eigenvalue weighted by atomic mass is 35.5. The van der Waals surface area contributed by atoms with Gasteiger partial charge in [0.1, 0.15) is 16.6 Å². The van der Waals surface area contributed by atoms with Crippen LogP contribution in [0.15, 0.2) is 55.0 Å². The minimum atomic E-state index is -4.65. The number of fused-ring (bicyclic) bond motifs is 3. The van der Waals surface area contributed by atoms with Gasteiger partial charge in [0.05, 0.1) is 17.2 Å². The number of aryl methyl sites for hydroxylation is 1. The summed E-state index contributed by atoms with van der Waals surface area (Å²) in [6, 6.07) is 9.37. The van der Waals surface area contributed by atoms with Crippen molar-refractivity contribution in [2.24, 2.45) is 0 Å². The molecule has 0 aliphatic rings. The third-order valence-electron chi connectivity index (χ3n) is 5.79. The fourth-order valence-electron chi connectivity index (χ4n) is 4.18. The topological polar surface area (TPSA) is 105 Å². The number of pyridine rings is 2. The van der Waals surface area contributed by atoms with Crippen molar-refractivity contribution < 1.29 is 23.1 Å². The van der Waals surface area contributed by atoms with Crippen molar-refractivity contribution in [3.05, 3.63) is 82.7 Å². The number of carbonyl (C=O) groups is 1. The van der Waals surface area contributed by atoms with E-state index in [2.05, 4.69) is 20.3 Å². The number of carboxylic acids is 1. The first-order valence-electron chi connectivity index (χ1n) is 11.0. The average molecular weight is 527 g/mol. The molecule has 0 aliphatic carbocycles. The van der Waals surface area contributed by atoms with Crippen LogP contribution >= 0.6 is 11.6 Å². The predicted octanol–water partition coefficient (Wildman–Crippen LogP) is 6.19. The zero-order valence-corrected chi connectivity index (χ0v) is 20.1. The molecule has 0 saturated heterocycles. The molecule has 8 nitrogen and oxygen atoms in total. The molecule has 0 saturated carbocycles. The van der Waals surface area contributed by atoms with Crippen molar-refractivity contribution in [2.45, 2.75) is 26.1 Å². The van der Waals surface area contributed by atoms with Gasteiger partial charge >= 0.3 is 12.1 Å². The van der Waals surface area contributed by atoms with E-state index in [0.29, 0.717) is 22.0 Å². The molecular formula is C25H18ClF3N6O2. The molecule has 5 rings (SSSR count). The van der Waals surface area contributed by atoms with Gasteiger partial charge in [0, 0.05) is 35.1 Å². The second-order valence-corrected chi connectivity index (χ2v) is 8.83. The lowest BCUT2D eigenvalue weighted by Gasteiger charge is -2.20. The zero-order chi connectivity index (χ0) is 26.5. The second kappa shape index (κ2) is 9.00. The summed E-state index contributed by atoms with van der Waals surface area (Å²) in [5.74, 6) is -1.03. The maximum absolute atomic E-state index is 13.6. The van der Waals surface area contributed by atoms with Crippen molar-refractivity contribution >= 4 is 39.8 Å². The van der Waals surface area contributed by atoms with E-state index >= 15 is 0 Å². The summed E-state index contributed by atoms with van der Waals surface area (Å²) >= 11 is 5.87. The number of alkyl halides is 3. The van der Waals surface area contributed by atoms with Crippen LogP contribution in [0.1, 0.15) is 40.3 Å². The van der Waals surface area contributed by atoms with Crippen molar-refractivity contribution in [2.75, 3.05) is 5.32 Å². The quantitative estimate of drug-likeness (QED) is 0.263. The molecule has 0 aliphatic heterocycles. The first-order chi connectivity index (χ1) is 17.5. The van der Waals surface area contributed by atoms with Gasteiger partial charge in [-0.1, -0.05) is 17.7 Å². The molecule has 0 fully saturated rings.